The van der Waals surface area contributed by atoms with E-state index in [0.717, 1.165) is 41.4 Å². The van der Waals surface area contributed by atoms with E-state index in [0.29, 0.717) is 0 Å². The van der Waals surface area contributed by atoms with E-state index in [4.69, 9.17) is 4.98 Å². The third-order valence-electron chi connectivity index (χ3n) is 3.98. The maximum absolute atomic E-state index is 4.70. The third-order valence-corrected chi connectivity index (χ3v) is 4.80. The lowest BCUT2D eigenvalue weighted by Crippen LogP contribution is -2.21. The van der Waals surface area contributed by atoms with Crippen LogP contribution in [-0.2, 0) is 13.0 Å². The maximum Gasteiger partial charge on any atom is 0.121 e. The molecule has 0 spiro atoms. The molecule has 0 atom stereocenters. The molecule has 2 aromatic heterocycles. The second-order valence-corrected chi connectivity index (χ2v) is 7.04. The fraction of sp³-hybridized carbons (Fsp3) is 0.412. The summed E-state index contributed by atoms with van der Waals surface area (Å²) in [4.78, 5) is 14.9. The summed E-state index contributed by atoms with van der Waals surface area (Å²) in [6.07, 6.45) is 0.985. The highest BCUT2D eigenvalue weighted by atomic mass is 32.1. The molecule has 0 aliphatic heterocycles. The predicted octanol–water partition coefficient (Wildman–Crippen LogP) is 3.62. The largest absolute Gasteiger partial charge is 0.341 e. The molecule has 2 heterocycles. The van der Waals surface area contributed by atoms with E-state index in [-0.39, 0.29) is 0 Å². The molecule has 0 amide bonds. The summed E-state index contributed by atoms with van der Waals surface area (Å²) in [5.41, 5.74) is 5.96. The molecular weight excluding hydrogens is 292 g/mol. The molecule has 1 N–H and O–H groups in total. The van der Waals surface area contributed by atoms with Gasteiger partial charge in [0, 0.05) is 18.3 Å². The van der Waals surface area contributed by atoms with Crippen molar-refractivity contribution in [3.05, 3.63) is 45.2 Å². The Balaban J connectivity index is 1.64. The van der Waals surface area contributed by atoms with Crippen LogP contribution >= 0.6 is 11.3 Å². The van der Waals surface area contributed by atoms with Crippen LogP contribution in [-0.4, -0.2) is 33.4 Å². The van der Waals surface area contributed by atoms with Gasteiger partial charge in [-0.3, -0.25) is 4.90 Å². The first-order valence-corrected chi connectivity index (χ1v) is 8.44. The number of benzene rings is 1. The minimum absolute atomic E-state index is 0.829. The minimum atomic E-state index is 0.829. The number of nitrogens with one attached hydrogen (secondary N) is 1. The van der Waals surface area contributed by atoms with Crippen molar-refractivity contribution in [1.29, 1.82) is 0 Å². The lowest BCUT2D eigenvalue weighted by molar-refractivity contribution is 0.323. The summed E-state index contributed by atoms with van der Waals surface area (Å²) in [5.74, 6) is 1.02. The number of H-pyrrole nitrogens is 1. The molecule has 3 rings (SSSR count). The Labute approximate surface area is 135 Å². The van der Waals surface area contributed by atoms with Crippen LogP contribution in [0.4, 0.5) is 0 Å². The lowest BCUT2D eigenvalue weighted by atomic mass is 10.1. The summed E-state index contributed by atoms with van der Waals surface area (Å²) >= 11 is 1.72. The van der Waals surface area contributed by atoms with Crippen molar-refractivity contribution in [2.45, 2.75) is 33.7 Å². The van der Waals surface area contributed by atoms with Gasteiger partial charge in [-0.15, -0.1) is 11.3 Å². The quantitative estimate of drug-likeness (QED) is 0.782. The normalized spacial score (nSPS) is 11.7. The standard InChI is InChI=1S/C17H22N4S/c1-11-7-15-16(8-12(11)2)20-17(19-15)9-21(4)6-5-14-10-22-13(3)18-14/h7-8,10H,5-6,9H2,1-4H3,(H,19,20). The molecule has 1 aromatic carbocycles. The predicted molar refractivity (Wildman–Crippen MR) is 92.5 cm³/mol. The topological polar surface area (TPSA) is 44.8 Å². The number of hydrogen-bond acceptors (Lipinski definition) is 4. The van der Waals surface area contributed by atoms with Gasteiger partial charge in [-0.25, -0.2) is 9.97 Å². The van der Waals surface area contributed by atoms with Gasteiger partial charge >= 0.3 is 0 Å². The molecule has 0 bridgehead atoms. The summed E-state index contributed by atoms with van der Waals surface area (Å²) in [6.45, 7) is 8.13. The Bertz CT molecular complexity index is 748. The van der Waals surface area contributed by atoms with Crippen LogP contribution < -0.4 is 0 Å². The third kappa shape index (κ3) is 3.36. The van der Waals surface area contributed by atoms with Crippen molar-refractivity contribution >= 4 is 22.4 Å². The van der Waals surface area contributed by atoms with E-state index in [2.05, 4.69) is 60.2 Å². The van der Waals surface area contributed by atoms with Gasteiger partial charge in [0.15, 0.2) is 0 Å². The zero-order valence-corrected chi connectivity index (χ0v) is 14.4. The van der Waals surface area contributed by atoms with Crippen molar-refractivity contribution in [2.24, 2.45) is 0 Å². The Kier molecular flexibility index (Phi) is 4.27. The molecule has 3 aromatic rings. The zero-order chi connectivity index (χ0) is 15.7. The number of nitrogens with zero attached hydrogens (tertiary/aromatic N) is 3. The molecule has 4 nitrogen and oxygen atoms in total. The summed E-state index contributed by atoms with van der Waals surface area (Å²) in [6, 6.07) is 4.34. The maximum atomic E-state index is 4.70. The number of fused-ring (bicyclic) bond motifs is 1. The highest BCUT2D eigenvalue weighted by molar-refractivity contribution is 7.09. The molecule has 0 saturated carbocycles. The van der Waals surface area contributed by atoms with Gasteiger partial charge in [0.25, 0.3) is 0 Å². The molecule has 0 saturated heterocycles. The number of aryl methyl sites for hydroxylation is 3. The van der Waals surface area contributed by atoms with Gasteiger partial charge in [0.2, 0.25) is 0 Å². The van der Waals surface area contributed by atoms with Crippen LogP contribution in [0.15, 0.2) is 17.5 Å². The van der Waals surface area contributed by atoms with E-state index in [1.54, 1.807) is 11.3 Å². The van der Waals surface area contributed by atoms with E-state index in [9.17, 15) is 0 Å². The Hall–Kier alpha value is -1.72. The molecule has 0 radical (unpaired) electrons. The highest BCUT2D eigenvalue weighted by Crippen LogP contribution is 2.18. The number of hydrogen-bond donors (Lipinski definition) is 1. The SMILES string of the molecule is Cc1nc(CCN(C)Cc2nc3cc(C)c(C)cc3[nH]2)cs1. The van der Waals surface area contributed by atoms with E-state index in [1.165, 1.54) is 16.8 Å². The van der Waals surface area contributed by atoms with Gasteiger partial charge in [-0.05, 0) is 51.1 Å². The van der Waals surface area contributed by atoms with Gasteiger partial charge in [-0.1, -0.05) is 0 Å². The van der Waals surface area contributed by atoms with Crippen LogP contribution in [0.5, 0.6) is 0 Å². The number of likely N-dealkylation sites (N-methyl/N-ethyl adjacent to an activating group) is 1. The zero-order valence-electron chi connectivity index (χ0n) is 13.6. The molecule has 22 heavy (non-hydrogen) atoms. The van der Waals surface area contributed by atoms with Gasteiger partial charge < -0.3 is 4.98 Å². The number of aromatic nitrogens is 3. The summed E-state index contributed by atoms with van der Waals surface area (Å²) in [7, 11) is 2.13. The van der Waals surface area contributed by atoms with Crippen molar-refractivity contribution in [2.75, 3.05) is 13.6 Å². The molecule has 0 aliphatic rings. The monoisotopic (exact) mass is 314 g/mol. The fourth-order valence-corrected chi connectivity index (χ4v) is 3.21. The van der Waals surface area contributed by atoms with Crippen LogP contribution in [0.25, 0.3) is 11.0 Å². The summed E-state index contributed by atoms with van der Waals surface area (Å²) < 4.78 is 0. The van der Waals surface area contributed by atoms with E-state index < -0.39 is 0 Å². The Morgan fingerprint density at radius 1 is 1.14 bits per heavy atom. The van der Waals surface area contributed by atoms with Crippen LogP contribution in [0, 0.1) is 20.8 Å². The molecule has 0 unspecified atom stereocenters. The highest BCUT2D eigenvalue weighted by Gasteiger charge is 2.08. The molecular formula is C17H22N4S. The Morgan fingerprint density at radius 3 is 2.64 bits per heavy atom. The van der Waals surface area contributed by atoms with Crippen LogP contribution in [0.3, 0.4) is 0 Å². The smallest absolute Gasteiger partial charge is 0.121 e. The molecule has 116 valence electrons. The van der Waals surface area contributed by atoms with Crippen molar-refractivity contribution in [3.63, 3.8) is 0 Å². The van der Waals surface area contributed by atoms with Crippen LogP contribution in [0.1, 0.15) is 27.7 Å². The van der Waals surface area contributed by atoms with Gasteiger partial charge in [-0.2, -0.15) is 0 Å². The molecule has 0 fully saturated rings. The van der Waals surface area contributed by atoms with Crippen LogP contribution in [0.2, 0.25) is 0 Å². The number of rotatable bonds is 5. The average Bonchev–Trinajstić information content (AvgIpc) is 3.03. The Morgan fingerprint density at radius 2 is 1.91 bits per heavy atom. The van der Waals surface area contributed by atoms with Crippen molar-refractivity contribution < 1.29 is 0 Å². The number of imidazole rings is 1. The first-order valence-electron chi connectivity index (χ1n) is 7.56. The van der Waals surface area contributed by atoms with Gasteiger partial charge in [0.1, 0.15) is 5.82 Å². The first kappa shape index (κ1) is 15.2. The fourth-order valence-electron chi connectivity index (χ4n) is 2.56. The first-order chi connectivity index (χ1) is 10.5. The van der Waals surface area contributed by atoms with Crippen molar-refractivity contribution in [3.8, 4) is 0 Å². The number of aromatic amines is 1. The van der Waals surface area contributed by atoms with E-state index >= 15 is 0 Å². The lowest BCUT2D eigenvalue weighted by Gasteiger charge is -2.13. The second kappa shape index (κ2) is 6.18. The molecule has 0 aliphatic carbocycles. The molecule has 5 heteroatoms. The van der Waals surface area contributed by atoms with Crippen molar-refractivity contribution in [1.82, 2.24) is 19.9 Å². The summed E-state index contributed by atoms with van der Waals surface area (Å²) in [5, 5.41) is 3.29. The van der Waals surface area contributed by atoms with Gasteiger partial charge in [0.05, 0.1) is 28.3 Å². The number of thiazole rings is 1. The minimum Gasteiger partial charge on any atom is -0.341 e. The average molecular weight is 314 g/mol. The van der Waals surface area contributed by atoms with E-state index in [1.807, 2.05) is 0 Å². The second-order valence-electron chi connectivity index (χ2n) is 5.98.